The van der Waals surface area contributed by atoms with Crippen molar-refractivity contribution >= 4 is 93.7 Å². The van der Waals surface area contributed by atoms with Gasteiger partial charge in [-0.25, -0.2) is 0 Å². The number of hydrogen-bond donors (Lipinski definition) is 0. The Labute approximate surface area is 342 Å². The van der Waals surface area contributed by atoms with E-state index in [0.29, 0.717) is 0 Å². The van der Waals surface area contributed by atoms with E-state index in [9.17, 15) is 0 Å². The second kappa shape index (κ2) is 14.2. The maximum absolute atomic E-state index is 3.47. The summed E-state index contributed by atoms with van der Waals surface area (Å²) in [5, 5.41) is 10.4. The SMILES string of the molecule is C/C=C/C=C(\C=C/Cc1c2c(c(-c3cccc(-c4ccc5sc6ccccc6c5c4)c3)c3ccccc13)C=C=CC=C2)c1ccc2c3c(c4ccccc4c2c1)C=C3. The smallest absolute Gasteiger partial charge is 0.0355 e. The standard InChI is InChI=1S/C57H38S/c1-2-3-15-37(39-28-30-49-48-32-31-47(48)42-20-7-8-22-46(42)53(49)35-39)16-14-26-43-44-19-5-4-6-24-51(44)57(52-25-10-9-21-45(43)52)41-18-13-17-38(34-41)40-29-33-56-54(36-40)50-23-11-12-27-55(50)58-56/h2-5,7-25,27-36H,26H2,1H3/b3-2+,16-14-,37-15+. The van der Waals surface area contributed by atoms with Crippen molar-refractivity contribution in [3.8, 4) is 22.3 Å². The van der Waals surface area contributed by atoms with Crippen molar-refractivity contribution in [1.82, 2.24) is 0 Å². The van der Waals surface area contributed by atoms with Crippen LogP contribution in [0.1, 0.15) is 40.3 Å². The van der Waals surface area contributed by atoms with Crippen LogP contribution in [0.3, 0.4) is 0 Å². The van der Waals surface area contributed by atoms with E-state index in [0.717, 1.165) is 6.42 Å². The van der Waals surface area contributed by atoms with E-state index >= 15 is 0 Å². The van der Waals surface area contributed by atoms with Crippen molar-refractivity contribution in [2.24, 2.45) is 0 Å². The number of fused-ring (bicyclic) bond motifs is 11. The Bertz CT molecular complexity index is 3400. The highest BCUT2D eigenvalue weighted by atomic mass is 32.1. The van der Waals surface area contributed by atoms with Gasteiger partial charge < -0.3 is 0 Å². The zero-order valence-corrected chi connectivity index (χ0v) is 33.0. The van der Waals surface area contributed by atoms with Gasteiger partial charge in [0, 0.05) is 20.2 Å². The molecule has 0 fully saturated rings. The molecule has 0 aliphatic heterocycles. The predicted molar refractivity (Wildman–Crippen MR) is 255 cm³/mol. The molecule has 0 nitrogen and oxygen atoms in total. The third kappa shape index (κ3) is 5.67. The van der Waals surface area contributed by atoms with Crippen LogP contribution in [0, 0.1) is 0 Å². The van der Waals surface area contributed by atoms with Crippen LogP contribution >= 0.6 is 11.3 Å². The van der Waals surface area contributed by atoms with Crippen LogP contribution in [-0.4, -0.2) is 0 Å². The number of rotatable bonds is 7. The van der Waals surface area contributed by atoms with Gasteiger partial charge in [-0.05, 0) is 149 Å². The van der Waals surface area contributed by atoms with Gasteiger partial charge in [-0.2, -0.15) is 0 Å². The molecule has 272 valence electrons. The molecule has 1 heterocycles. The lowest BCUT2D eigenvalue weighted by molar-refractivity contribution is 1.28. The van der Waals surface area contributed by atoms with Gasteiger partial charge in [0.05, 0.1) is 0 Å². The molecule has 0 amide bonds. The average molecular weight is 755 g/mol. The quantitative estimate of drug-likeness (QED) is 0.0863. The monoisotopic (exact) mass is 754 g/mol. The Hall–Kier alpha value is -7.02. The van der Waals surface area contributed by atoms with E-state index in [1.165, 1.54) is 114 Å². The van der Waals surface area contributed by atoms with Crippen molar-refractivity contribution in [3.05, 3.63) is 215 Å². The molecule has 0 bridgehead atoms. The van der Waals surface area contributed by atoms with Gasteiger partial charge >= 0.3 is 0 Å². The molecule has 0 N–H and O–H groups in total. The van der Waals surface area contributed by atoms with E-state index in [4.69, 9.17) is 0 Å². The van der Waals surface area contributed by atoms with E-state index in [1.54, 1.807) is 0 Å². The molecule has 2 aliphatic carbocycles. The molecule has 9 aromatic rings. The number of allylic oxidation sites excluding steroid dienone is 8. The van der Waals surface area contributed by atoms with E-state index in [2.05, 4.69) is 207 Å². The first-order valence-electron chi connectivity index (χ1n) is 20.1. The van der Waals surface area contributed by atoms with Crippen molar-refractivity contribution in [2.45, 2.75) is 13.3 Å². The maximum Gasteiger partial charge on any atom is 0.0355 e. The summed E-state index contributed by atoms with van der Waals surface area (Å²) in [6.07, 6.45) is 25.0. The topological polar surface area (TPSA) is 0 Å². The van der Waals surface area contributed by atoms with Gasteiger partial charge in [-0.15, -0.1) is 17.1 Å². The van der Waals surface area contributed by atoms with Crippen LogP contribution in [0.4, 0.5) is 0 Å². The lowest BCUT2D eigenvalue weighted by Crippen LogP contribution is -1.98. The number of benzene rings is 8. The minimum atomic E-state index is 0.790. The minimum absolute atomic E-state index is 0.790. The van der Waals surface area contributed by atoms with E-state index < -0.39 is 0 Å². The van der Waals surface area contributed by atoms with Crippen molar-refractivity contribution < 1.29 is 0 Å². The number of hydrogen-bond acceptors (Lipinski definition) is 1. The Balaban J connectivity index is 1.01. The molecule has 0 saturated heterocycles. The zero-order valence-electron chi connectivity index (χ0n) is 32.2. The van der Waals surface area contributed by atoms with E-state index in [-0.39, 0.29) is 0 Å². The largest absolute Gasteiger partial charge is 0.135 e. The second-order valence-corrected chi connectivity index (χ2v) is 16.3. The van der Waals surface area contributed by atoms with E-state index in [1.807, 2.05) is 17.4 Å². The summed E-state index contributed by atoms with van der Waals surface area (Å²) in [5.74, 6) is 0. The van der Waals surface area contributed by atoms with Gasteiger partial charge in [-0.1, -0.05) is 158 Å². The van der Waals surface area contributed by atoms with Crippen LogP contribution in [0.2, 0.25) is 0 Å². The highest BCUT2D eigenvalue weighted by Gasteiger charge is 2.20. The molecule has 0 radical (unpaired) electrons. The molecule has 1 aromatic heterocycles. The Morgan fingerprint density at radius 1 is 0.552 bits per heavy atom. The van der Waals surface area contributed by atoms with Crippen molar-refractivity contribution in [3.63, 3.8) is 0 Å². The Morgan fingerprint density at radius 3 is 2.12 bits per heavy atom. The minimum Gasteiger partial charge on any atom is -0.135 e. The summed E-state index contributed by atoms with van der Waals surface area (Å²) in [5.41, 5.74) is 17.3. The second-order valence-electron chi connectivity index (χ2n) is 15.2. The van der Waals surface area contributed by atoms with Crippen LogP contribution in [0.25, 0.3) is 105 Å². The van der Waals surface area contributed by atoms with Gasteiger partial charge in [0.25, 0.3) is 0 Å². The first kappa shape index (κ1) is 34.2. The summed E-state index contributed by atoms with van der Waals surface area (Å²) in [4.78, 5) is 0. The molecular formula is C57H38S. The third-order valence-electron chi connectivity index (χ3n) is 11.9. The van der Waals surface area contributed by atoms with Gasteiger partial charge in [0.1, 0.15) is 0 Å². The fraction of sp³-hybridized carbons (Fsp3) is 0.0351. The molecule has 8 aromatic carbocycles. The summed E-state index contributed by atoms with van der Waals surface area (Å²) < 4.78 is 2.66. The van der Waals surface area contributed by atoms with Crippen LogP contribution in [-0.2, 0) is 6.42 Å². The molecule has 0 saturated carbocycles. The third-order valence-corrected chi connectivity index (χ3v) is 13.0. The predicted octanol–water partition coefficient (Wildman–Crippen LogP) is 16.3. The Kier molecular flexibility index (Phi) is 8.37. The zero-order chi connectivity index (χ0) is 38.6. The summed E-state index contributed by atoms with van der Waals surface area (Å²) >= 11 is 1.86. The van der Waals surface area contributed by atoms with Crippen LogP contribution < -0.4 is 0 Å². The summed E-state index contributed by atoms with van der Waals surface area (Å²) in [7, 11) is 0. The normalized spacial score (nSPS) is 13.4. The van der Waals surface area contributed by atoms with Crippen LogP contribution in [0.5, 0.6) is 0 Å². The van der Waals surface area contributed by atoms with Gasteiger partial charge in [0.15, 0.2) is 0 Å². The summed E-state index contributed by atoms with van der Waals surface area (Å²) in [6, 6.07) is 49.5. The molecule has 0 unspecified atom stereocenters. The molecule has 11 rings (SSSR count). The molecular weight excluding hydrogens is 717 g/mol. The van der Waals surface area contributed by atoms with Crippen LogP contribution in [0.15, 0.2) is 182 Å². The first-order chi connectivity index (χ1) is 28.7. The van der Waals surface area contributed by atoms with Gasteiger partial charge in [-0.3, -0.25) is 0 Å². The average Bonchev–Trinajstić information content (AvgIpc) is 3.45. The fourth-order valence-corrected chi connectivity index (χ4v) is 10.2. The highest BCUT2D eigenvalue weighted by molar-refractivity contribution is 7.25. The molecule has 0 spiro atoms. The molecule has 2 aliphatic rings. The summed E-state index contributed by atoms with van der Waals surface area (Å²) in [6.45, 7) is 2.08. The van der Waals surface area contributed by atoms with Gasteiger partial charge in [0.2, 0.25) is 0 Å². The fourth-order valence-electron chi connectivity index (χ4n) is 9.12. The lowest BCUT2D eigenvalue weighted by Gasteiger charge is -2.20. The molecule has 1 heteroatoms. The maximum atomic E-state index is 3.47. The highest BCUT2D eigenvalue weighted by Crippen LogP contribution is 2.43. The Morgan fingerprint density at radius 2 is 1.28 bits per heavy atom. The molecule has 0 atom stereocenters. The van der Waals surface area contributed by atoms with Crippen molar-refractivity contribution in [1.29, 1.82) is 0 Å². The van der Waals surface area contributed by atoms with Crippen molar-refractivity contribution in [2.75, 3.05) is 0 Å². The lowest BCUT2D eigenvalue weighted by atomic mass is 9.84. The molecule has 58 heavy (non-hydrogen) atoms. The first-order valence-corrected chi connectivity index (χ1v) is 20.9. The number of thiophene rings is 1.